The Labute approximate surface area is 169 Å². The Hall–Kier alpha value is -3.22. The molecule has 1 amide bonds. The topological polar surface area (TPSA) is 77.4 Å². The molecule has 7 heteroatoms. The van der Waals surface area contributed by atoms with Crippen LogP contribution < -0.4 is 9.47 Å². The standard InChI is InChI=1S/C22H24N4O3/c1-14-24-20(17-7-4-10-23-21(17)25-14)16-6-5-11-26(13-16)22(27)15-8-9-18(28-2)19(12-15)29-3/h4,7-10,12,16H,5-6,11,13H2,1-3H3. The first-order chi connectivity index (χ1) is 14.1. The van der Waals surface area contributed by atoms with Crippen LogP contribution in [0.15, 0.2) is 36.5 Å². The predicted molar refractivity (Wildman–Crippen MR) is 109 cm³/mol. The molecule has 1 aliphatic heterocycles. The molecule has 1 atom stereocenters. The molecule has 0 bridgehead atoms. The van der Waals surface area contributed by atoms with Crippen LogP contribution in [-0.4, -0.2) is 53.1 Å². The molecular weight excluding hydrogens is 368 g/mol. The fraction of sp³-hybridized carbons (Fsp3) is 0.364. The number of likely N-dealkylation sites (tertiary alicyclic amines) is 1. The summed E-state index contributed by atoms with van der Waals surface area (Å²) in [5.74, 6) is 2.01. The number of benzene rings is 1. The van der Waals surface area contributed by atoms with E-state index >= 15 is 0 Å². The van der Waals surface area contributed by atoms with Gasteiger partial charge in [0, 0.05) is 36.2 Å². The van der Waals surface area contributed by atoms with Crippen molar-refractivity contribution in [3.8, 4) is 11.5 Å². The smallest absolute Gasteiger partial charge is 0.254 e. The molecule has 29 heavy (non-hydrogen) atoms. The molecule has 1 fully saturated rings. The van der Waals surface area contributed by atoms with Gasteiger partial charge in [-0.2, -0.15) is 0 Å². The lowest BCUT2D eigenvalue weighted by Gasteiger charge is -2.33. The third kappa shape index (κ3) is 3.72. The van der Waals surface area contributed by atoms with Gasteiger partial charge in [-0.05, 0) is 50.1 Å². The zero-order chi connectivity index (χ0) is 20.4. The molecule has 0 spiro atoms. The second-order valence-electron chi connectivity index (χ2n) is 7.19. The number of piperidine rings is 1. The molecule has 0 aliphatic carbocycles. The van der Waals surface area contributed by atoms with Gasteiger partial charge in [0.1, 0.15) is 5.82 Å². The van der Waals surface area contributed by atoms with E-state index < -0.39 is 0 Å². The summed E-state index contributed by atoms with van der Waals surface area (Å²) in [5, 5.41) is 0.962. The summed E-state index contributed by atoms with van der Waals surface area (Å²) in [4.78, 5) is 28.6. The minimum atomic E-state index is -0.0103. The molecule has 1 aliphatic rings. The number of carbonyl (C=O) groups excluding carboxylic acids is 1. The van der Waals surface area contributed by atoms with E-state index in [1.54, 1.807) is 38.6 Å². The number of aryl methyl sites for hydroxylation is 1. The Morgan fingerprint density at radius 3 is 2.76 bits per heavy atom. The maximum Gasteiger partial charge on any atom is 0.254 e. The van der Waals surface area contributed by atoms with Crippen LogP contribution in [0, 0.1) is 6.92 Å². The van der Waals surface area contributed by atoms with Gasteiger partial charge in [0.15, 0.2) is 17.1 Å². The molecule has 1 saturated heterocycles. The lowest BCUT2D eigenvalue weighted by molar-refractivity contribution is 0.0706. The molecule has 150 valence electrons. The normalized spacial score (nSPS) is 16.7. The third-order valence-electron chi connectivity index (χ3n) is 5.34. The molecule has 0 radical (unpaired) electrons. The lowest BCUT2D eigenvalue weighted by atomic mass is 9.92. The van der Waals surface area contributed by atoms with Crippen LogP contribution in [0.5, 0.6) is 11.5 Å². The summed E-state index contributed by atoms with van der Waals surface area (Å²) in [6.07, 6.45) is 3.65. The Kier molecular flexibility index (Phi) is 5.29. The number of methoxy groups -OCH3 is 2. The number of ether oxygens (including phenoxy) is 2. The average Bonchev–Trinajstić information content (AvgIpc) is 2.77. The number of pyridine rings is 1. The van der Waals surface area contributed by atoms with E-state index in [1.807, 2.05) is 24.0 Å². The van der Waals surface area contributed by atoms with Crippen molar-refractivity contribution >= 4 is 16.9 Å². The summed E-state index contributed by atoms with van der Waals surface area (Å²) in [6.45, 7) is 3.23. The van der Waals surface area contributed by atoms with Crippen molar-refractivity contribution < 1.29 is 14.3 Å². The number of nitrogens with zero attached hydrogens (tertiary/aromatic N) is 4. The van der Waals surface area contributed by atoms with Crippen LogP contribution in [0.3, 0.4) is 0 Å². The zero-order valence-electron chi connectivity index (χ0n) is 16.9. The van der Waals surface area contributed by atoms with Gasteiger partial charge >= 0.3 is 0 Å². The number of aromatic nitrogens is 3. The minimum absolute atomic E-state index is 0.0103. The first kappa shape index (κ1) is 19.1. The quantitative estimate of drug-likeness (QED) is 0.677. The number of amides is 1. The second-order valence-corrected chi connectivity index (χ2v) is 7.19. The Morgan fingerprint density at radius 2 is 1.97 bits per heavy atom. The minimum Gasteiger partial charge on any atom is -0.493 e. The number of hydrogen-bond donors (Lipinski definition) is 0. The van der Waals surface area contributed by atoms with E-state index in [1.165, 1.54) is 0 Å². The van der Waals surface area contributed by atoms with E-state index in [-0.39, 0.29) is 11.8 Å². The molecule has 1 aromatic carbocycles. The summed E-state index contributed by atoms with van der Waals surface area (Å²) < 4.78 is 10.6. The molecule has 3 aromatic rings. The van der Waals surface area contributed by atoms with Gasteiger partial charge in [-0.1, -0.05) is 0 Å². The van der Waals surface area contributed by atoms with E-state index in [4.69, 9.17) is 14.5 Å². The largest absolute Gasteiger partial charge is 0.493 e. The molecule has 7 nitrogen and oxygen atoms in total. The van der Waals surface area contributed by atoms with Gasteiger partial charge in [-0.15, -0.1) is 0 Å². The highest BCUT2D eigenvalue weighted by Gasteiger charge is 2.28. The third-order valence-corrected chi connectivity index (χ3v) is 5.34. The summed E-state index contributed by atoms with van der Waals surface area (Å²) in [5.41, 5.74) is 2.28. The summed E-state index contributed by atoms with van der Waals surface area (Å²) in [6, 6.07) is 9.19. The Morgan fingerprint density at radius 1 is 1.14 bits per heavy atom. The van der Waals surface area contributed by atoms with Gasteiger partial charge in [0.25, 0.3) is 5.91 Å². The number of rotatable bonds is 4. The van der Waals surface area contributed by atoms with Crippen molar-refractivity contribution in [3.63, 3.8) is 0 Å². The van der Waals surface area contributed by atoms with Gasteiger partial charge in [-0.3, -0.25) is 4.79 Å². The van der Waals surface area contributed by atoms with Crippen LogP contribution in [0.4, 0.5) is 0 Å². The van der Waals surface area contributed by atoms with Gasteiger partial charge in [-0.25, -0.2) is 15.0 Å². The molecule has 3 heterocycles. The Balaban J connectivity index is 1.62. The van der Waals surface area contributed by atoms with Crippen LogP contribution in [0.1, 0.15) is 40.6 Å². The van der Waals surface area contributed by atoms with E-state index in [0.29, 0.717) is 35.1 Å². The van der Waals surface area contributed by atoms with Crippen molar-refractivity contribution in [1.82, 2.24) is 19.9 Å². The van der Waals surface area contributed by atoms with Crippen molar-refractivity contribution in [2.45, 2.75) is 25.7 Å². The average molecular weight is 392 g/mol. The highest BCUT2D eigenvalue weighted by molar-refractivity contribution is 5.95. The van der Waals surface area contributed by atoms with Crippen LogP contribution in [0.2, 0.25) is 0 Å². The SMILES string of the molecule is COc1ccc(C(=O)N2CCCC(c3nc(C)nc4ncccc34)C2)cc1OC. The van der Waals surface area contributed by atoms with Crippen LogP contribution >= 0.6 is 0 Å². The number of fused-ring (bicyclic) bond motifs is 1. The monoisotopic (exact) mass is 392 g/mol. The molecular formula is C22H24N4O3. The zero-order valence-corrected chi connectivity index (χ0v) is 16.9. The van der Waals surface area contributed by atoms with Crippen molar-refractivity contribution in [1.29, 1.82) is 0 Å². The first-order valence-electron chi connectivity index (χ1n) is 9.71. The molecule has 2 aromatic heterocycles. The highest BCUT2D eigenvalue weighted by atomic mass is 16.5. The van der Waals surface area contributed by atoms with E-state index in [2.05, 4.69) is 9.97 Å². The molecule has 1 unspecified atom stereocenters. The van der Waals surface area contributed by atoms with Crippen molar-refractivity contribution in [3.05, 3.63) is 53.6 Å². The maximum absolute atomic E-state index is 13.2. The number of carbonyl (C=O) groups is 1. The van der Waals surface area contributed by atoms with Crippen LogP contribution in [0.25, 0.3) is 11.0 Å². The highest BCUT2D eigenvalue weighted by Crippen LogP contribution is 2.32. The van der Waals surface area contributed by atoms with Crippen LogP contribution in [-0.2, 0) is 0 Å². The molecule has 0 N–H and O–H groups in total. The van der Waals surface area contributed by atoms with Gasteiger partial charge < -0.3 is 14.4 Å². The Bertz CT molecular complexity index is 1050. The molecule has 0 saturated carbocycles. The fourth-order valence-corrected chi connectivity index (χ4v) is 3.95. The van der Waals surface area contributed by atoms with Crippen molar-refractivity contribution in [2.75, 3.05) is 27.3 Å². The number of hydrogen-bond acceptors (Lipinski definition) is 6. The van der Waals surface area contributed by atoms with Gasteiger partial charge in [0.05, 0.1) is 19.9 Å². The maximum atomic E-state index is 13.2. The summed E-state index contributed by atoms with van der Waals surface area (Å²) in [7, 11) is 3.15. The van der Waals surface area contributed by atoms with E-state index in [9.17, 15) is 4.79 Å². The predicted octanol–water partition coefficient (Wildman–Crippen LogP) is 3.37. The molecule has 4 rings (SSSR count). The second kappa shape index (κ2) is 8.03. The summed E-state index contributed by atoms with van der Waals surface area (Å²) >= 11 is 0. The van der Waals surface area contributed by atoms with Gasteiger partial charge in [0.2, 0.25) is 0 Å². The van der Waals surface area contributed by atoms with Crippen molar-refractivity contribution in [2.24, 2.45) is 0 Å². The fourth-order valence-electron chi connectivity index (χ4n) is 3.95. The van der Waals surface area contributed by atoms with E-state index in [0.717, 1.165) is 30.5 Å². The first-order valence-corrected chi connectivity index (χ1v) is 9.71. The lowest BCUT2D eigenvalue weighted by Crippen LogP contribution is -2.39.